The van der Waals surface area contributed by atoms with E-state index in [9.17, 15) is 19.1 Å². The van der Waals surface area contributed by atoms with Crippen LogP contribution in [0.25, 0.3) is 5.76 Å². The highest BCUT2D eigenvalue weighted by molar-refractivity contribution is 6.46. The lowest BCUT2D eigenvalue weighted by molar-refractivity contribution is -0.140. The second-order valence-electron chi connectivity index (χ2n) is 7.31. The lowest BCUT2D eigenvalue weighted by Gasteiger charge is -2.30. The number of aliphatic hydroxyl groups excluding tert-OH is 1. The van der Waals surface area contributed by atoms with Crippen molar-refractivity contribution in [3.05, 3.63) is 59.3 Å². The molecule has 1 unspecified atom stereocenters. The molecule has 2 saturated heterocycles. The number of hydrogen-bond acceptors (Lipinski definition) is 7. The van der Waals surface area contributed by atoms with Crippen molar-refractivity contribution in [2.45, 2.75) is 6.04 Å². The molecule has 1 N–H and O–H groups in total. The molecule has 3 heterocycles. The summed E-state index contributed by atoms with van der Waals surface area (Å²) in [7, 11) is 1.37. The average Bonchev–Trinajstić information content (AvgIpc) is 3.40. The van der Waals surface area contributed by atoms with Crippen LogP contribution in [-0.4, -0.2) is 73.1 Å². The van der Waals surface area contributed by atoms with E-state index in [0.29, 0.717) is 25.5 Å². The van der Waals surface area contributed by atoms with Crippen molar-refractivity contribution in [3.8, 4) is 5.75 Å². The summed E-state index contributed by atoms with van der Waals surface area (Å²) in [5.74, 6) is -2.21. The second-order valence-corrected chi connectivity index (χ2v) is 7.31. The lowest BCUT2D eigenvalue weighted by Crippen LogP contribution is -2.42. The van der Waals surface area contributed by atoms with Crippen LogP contribution in [0.3, 0.4) is 0 Å². The number of Topliss-reactive ketones (excluding diaryl/α,β-unsaturated/α-hetero) is 1. The second kappa shape index (κ2) is 8.91. The van der Waals surface area contributed by atoms with Crippen molar-refractivity contribution >= 4 is 17.4 Å². The Hall–Kier alpha value is -3.17. The van der Waals surface area contributed by atoms with Gasteiger partial charge in [0.2, 0.25) is 0 Å². The van der Waals surface area contributed by atoms with E-state index < -0.39 is 29.3 Å². The Morgan fingerprint density at radius 1 is 1.23 bits per heavy atom. The van der Waals surface area contributed by atoms with Crippen LogP contribution in [-0.2, 0) is 14.3 Å². The molecule has 4 rings (SSSR count). The topological polar surface area (TPSA) is 92.5 Å². The summed E-state index contributed by atoms with van der Waals surface area (Å²) in [5.41, 5.74) is -0.170. The number of aliphatic hydroxyl groups is 1. The third-order valence-corrected chi connectivity index (χ3v) is 5.53. The van der Waals surface area contributed by atoms with E-state index in [1.807, 2.05) is 0 Å². The van der Waals surface area contributed by atoms with Crippen LogP contribution in [0.4, 0.5) is 4.39 Å². The fraction of sp³-hybridized carbons (Fsp3) is 0.364. The van der Waals surface area contributed by atoms with Crippen molar-refractivity contribution < 1.29 is 33.0 Å². The van der Waals surface area contributed by atoms with Gasteiger partial charge in [0, 0.05) is 26.2 Å². The minimum atomic E-state index is -0.927. The Balaban J connectivity index is 1.74. The summed E-state index contributed by atoms with van der Waals surface area (Å²) in [5, 5.41) is 11.0. The molecule has 2 aliphatic heterocycles. The maximum atomic E-state index is 13.9. The molecule has 2 aliphatic rings. The third kappa shape index (κ3) is 4.06. The molecule has 1 amide bonds. The Bertz CT molecular complexity index is 997. The normalized spacial score (nSPS) is 21.6. The summed E-state index contributed by atoms with van der Waals surface area (Å²) < 4.78 is 29.9. The molecule has 31 heavy (non-hydrogen) atoms. The molecule has 0 bridgehead atoms. The maximum Gasteiger partial charge on any atom is 0.295 e. The number of ether oxygens (including phenoxy) is 2. The Morgan fingerprint density at radius 2 is 2.00 bits per heavy atom. The van der Waals surface area contributed by atoms with Crippen molar-refractivity contribution in [1.82, 2.24) is 9.80 Å². The predicted octanol–water partition coefficient (Wildman–Crippen LogP) is 2.18. The summed E-state index contributed by atoms with van der Waals surface area (Å²) >= 11 is 0. The highest BCUT2D eigenvalue weighted by Crippen LogP contribution is 2.41. The summed E-state index contributed by atoms with van der Waals surface area (Å²) in [4.78, 5) is 29.4. The molecule has 0 radical (unpaired) electrons. The van der Waals surface area contributed by atoms with Gasteiger partial charge in [0.25, 0.3) is 11.7 Å². The van der Waals surface area contributed by atoms with Gasteiger partial charge in [0.15, 0.2) is 0 Å². The van der Waals surface area contributed by atoms with Crippen LogP contribution in [0.2, 0.25) is 0 Å². The molecule has 0 spiro atoms. The first-order valence-electron chi connectivity index (χ1n) is 9.97. The smallest absolute Gasteiger partial charge is 0.295 e. The molecule has 0 saturated carbocycles. The standard InChI is InChI=1S/C22H23FN2O6/c1-29-16-5-4-14(23)13-15(16)20(26)18-19(17-3-2-10-31-17)25(22(28)21(18)27)7-6-24-8-11-30-12-9-24/h2-5,10,13,19,26H,6-9,11-12H2,1H3/b20-18+. The van der Waals surface area contributed by atoms with E-state index >= 15 is 0 Å². The Kier molecular flexibility index (Phi) is 6.06. The molecule has 9 heteroatoms. The molecule has 1 aromatic carbocycles. The van der Waals surface area contributed by atoms with Crippen LogP contribution in [0, 0.1) is 5.82 Å². The van der Waals surface area contributed by atoms with Gasteiger partial charge in [-0.1, -0.05) is 0 Å². The first-order chi connectivity index (χ1) is 15.0. The molecule has 2 fully saturated rings. The zero-order chi connectivity index (χ0) is 22.0. The van der Waals surface area contributed by atoms with Crippen LogP contribution >= 0.6 is 0 Å². The number of benzene rings is 1. The number of carbonyl (C=O) groups is 2. The highest BCUT2D eigenvalue weighted by atomic mass is 19.1. The summed E-state index contributed by atoms with van der Waals surface area (Å²) in [6, 6.07) is 5.94. The summed E-state index contributed by atoms with van der Waals surface area (Å²) in [6.07, 6.45) is 1.43. The van der Waals surface area contributed by atoms with E-state index in [1.165, 1.54) is 30.4 Å². The first-order valence-corrected chi connectivity index (χ1v) is 9.97. The zero-order valence-electron chi connectivity index (χ0n) is 17.0. The molecule has 164 valence electrons. The SMILES string of the molecule is COc1ccc(F)cc1/C(O)=C1\C(=O)C(=O)N(CCN2CCOCC2)C1c1ccco1. The molecule has 0 aliphatic carbocycles. The van der Waals surface area contributed by atoms with Gasteiger partial charge in [0.1, 0.15) is 29.1 Å². The van der Waals surface area contributed by atoms with E-state index in [1.54, 1.807) is 12.1 Å². The van der Waals surface area contributed by atoms with Gasteiger partial charge in [-0.15, -0.1) is 0 Å². The van der Waals surface area contributed by atoms with Gasteiger partial charge in [-0.2, -0.15) is 0 Å². The Morgan fingerprint density at radius 3 is 2.68 bits per heavy atom. The van der Waals surface area contributed by atoms with Crippen LogP contribution in [0.15, 0.2) is 46.6 Å². The van der Waals surface area contributed by atoms with Gasteiger partial charge in [-0.3, -0.25) is 14.5 Å². The van der Waals surface area contributed by atoms with Crippen LogP contribution < -0.4 is 4.74 Å². The molecular formula is C22H23FN2O6. The number of amides is 1. The molecule has 2 aromatic rings. The summed E-state index contributed by atoms with van der Waals surface area (Å²) in [6.45, 7) is 3.48. The number of methoxy groups -OCH3 is 1. The maximum absolute atomic E-state index is 13.9. The number of ketones is 1. The molecule has 1 aromatic heterocycles. The number of furan rings is 1. The minimum absolute atomic E-state index is 0.00904. The van der Waals surface area contributed by atoms with Gasteiger partial charge >= 0.3 is 0 Å². The number of hydrogen-bond donors (Lipinski definition) is 1. The highest BCUT2D eigenvalue weighted by Gasteiger charge is 2.47. The van der Waals surface area contributed by atoms with Crippen molar-refractivity contribution in [1.29, 1.82) is 0 Å². The number of morpholine rings is 1. The number of halogens is 1. The zero-order valence-corrected chi connectivity index (χ0v) is 17.0. The monoisotopic (exact) mass is 430 g/mol. The fourth-order valence-electron chi connectivity index (χ4n) is 3.94. The largest absolute Gasteiger partial charge is 0.507 e. The van der Waals surface area contributed by atoms with Gasteiger partial charge in [-0.05, 0) is 30.3 Å². The number of carbonyl (C=O) groups excluding carboxylic acids is 2. The van der Waals surface area contributed by atoms with Gasteiger partial charge < -0.3 is 23.9 Å². The predicted molar refractivity (Wildman–Crippen MR) is 108 cm³/mol. The van der Waals surface area contributed by atoms with Gasteiger partial charge in [-0.25, -0.2) is 4.39 Å². The quantitative estimate of drug-likeness (QED) is 0.427. The van der Waals surface area contributed by atoms with Crippen molar-refractivity contribution in [3.63, 3.8) is 0 Å². The third-order valence-electron chi connectivity index (χ3n) is 5.53. The van der Waals surface area contributed by atoms with Crippen LogP contribution in [0.5, 0.6) is 5.75 Å². The number of rotatable bonds is 6. The molecule has 8 nitrogen and oxygen atoms in total. The van der Waals surface area contributed by atoms with E-state index in [-0.39, 0.29) is 23.4 Å². The van der Waals surface area contributed by atoms with E-state index in [4.69, 9.17) is 13.9 Å². The van der Waals surface area contributed by atoms with E-state index in [2.05, 4.69) is 4.90 Å². The van der Waals surface area contributed by atoms with Crippen molar-refractivity contribution in [2.24, 2.45) is 0 Å². The Labute approximate surface area is 178 Å². The minimum Gasteiger partial charge on any atom is -0.507 e. The number of nitrogens with zero attached hydrogens (tertiary/aromatic N) is 2. The fourth-order valence-corrected chi connectivity index (χ4v) is 3.94. The first kappa shape index (κ1) is 21.1. The van der Waals surface area contributed by atoms with E-state index in [0.717, 1.165) is 19.2 Å². The molecule has 1 atom stereocenters. The average molecular weight is 430 g/mol. The molecular weight excluding hydrogens is 407 g/mol. The number of likely N-dealkylation sites (tertiary alicyclic amines) is 1. The lowest BCUT2D eigenvalue weighted by atomic mass is 9.98. The van der Waals surface area contributed by atoms with Gasteiger partial charge in [0.05, 0.1) is 37.7 Å². The van der Waals surface area contributed by atoms with Crippen LogP contribution in [0.1, 0.15) is 17.4 Å². The van der Waals surface area contributed by atoms with Crippen molar-refractivity contribution in [2.75, 3.05) is 46.5 Å².